The van der Waals surface area contributed by atoms with Crippen LogP contribution >= 0.6 is 0 Å². The summed E-state index contributed by atoms with van der Waals surface area (Å²) in [6.07, 6.45) is -0.753. The molecule has 0 fully saturated rings. The Balaban J connectivity index is 4.25. The lowest BCUT2D eigenvalue weighted by Gasteiger charge is -2.20. The Morgan fingerprint density at radius 3 is 1.50 bits per heavy atom. The molecule has 0 bridgehead atoms. The molecule has 4 N–H and O–H groups in total. The van der Waals surface area contributed by atoms with Crippen molar-refractivity contribution in [2.45, 2.75) is 11.9 Å². The first-order chi connectivity index (χ1) is 6.22. The van der Waals surface area contributed by atoms with Crippen LogP contribution in [0.5, 0.6) is 0 Å². The van der Waals surface area contributed by atoms with Crippen molar-refractivity contribution >= 4 is 6.16 Å². The molecule has 80 valence electrons. The molecule has 0 atom stereocenters. The predicted octanol–water partition coefficient (Wildman–Crippen LogP) is -1.21. The Hall–Kier alpha value is -1.41. The lowest BCUT2D eigenvalue weighted by atomic mass is 10.5. The van der Waals surface area contributed by atoms with Gasteiger partial charge in [0, 0.05) is 12.2 Å². The number of carbonyl (C=O) groups is 1. The zero-order valence-corrected chi connectivity index (χ0v) is 7.08. The van der Waals surface area contributed by atoms with Crippen molar-refractivity contribution < 1.29 is 34.7 Å². The summed E-state index contributed by atoms with van der Waals surface area (Å²) in [6.45, 7) is 5.85. The molecular formula is C7H10O7. The normalized spacial score (nSPS) is 11.7. The SMILES string of the molecule is C=CC(O)(O)OC(=O)OC(O)(O)C=C. The number of aliphatic hydroxyl groups is 4. The van der Waals surface area contributed by atoms with Crippen molar-refractivity contribution in [3.8, 4) is 0 Å². The van der Waals surface area contributed by atoms with E-state index >= 15 is 0 Å². The summed E-state index contributed by atoms with van der Waals surface area (Å²) >= 11 is 0. The van der Waals surface area contributed by atoms with E-state index in [2.05, 4.69) is 22.6 Å². The maximum absolute atomic E-state index is 10.6. The highest BCUT2D eigenvalue weighted by Gasteiger charge is 2.31. The van der Waals surface area contributed by atoms with Crippen LogP contribution in [-0.4, -0.2) is 38.5 Å². The van der Waals surface area contributed by atoms with Crippen LogP contribution in [0.25, 0.3) is 0 Å². The molecule has 0 heterocycles. The highest BCUT2D eigenvalue weighted by atomic mass is 16.9. The molecule has 0 amide bonds. The molecule has 0 saturated carbocycles. The van der Waals surface area contributed by atoms with E-state index in [0.29, 0.717) is 12.2 Å². The minimum Gasteiger partial charge on any atom is -0.372 e. The van der Waals surface area contributed by atoms with Crippen molar-refractivity contribution in [2.24, 2.45) is 0 Å². The molecule has 14 heavy (non-hydrogen) atoms. The summed E-state index contributed by atoms with van der Waals surface area (Å²) in [5.41, 5.74) is 0. The maximum Gasteiger partial charge on any atom is 0.517 e. The Kier molecular flexibility index (Phi) is 3.78. The molecule has 0 radical (unpaired) electrons. The Morgan fingerprint density at radius 2 is 1.29 bits per heavy atom. The van der Waals surface area contributed by atoms with Gasteiger partial charge in [-0.1, -0.05) is 13.2 Å². The fourth-order valence-corrected chi connectivity index (χ4v) is 0.349. The molecule has 0 aromatic heterocycles. The monoisotopic (exact) mass is 206 g/mol. The Morgan fingerprint density at radius 1 is 1.00 bits per heavy atom. The number of carbonyl (C=O) groups excluding carboxylic acids is 1. The number of rotatable bonds is 4. The minimum atomic E-state index is -2.94. The van der Waals surface area contributed by atoms with Crippen LogP contribution in [0.15, 0.2) is 25.3 Å². The summed E-state index contributed by atoms with van der Waals surface area (Å²) in [6, 6.07) is 0. The molecule has 0 saturated heterocycles. The van der Waals surface area contributed by atoms with Gasteiger partial charge in [-0.05, 0) is 0 Å². The molecule has 0 aromatic carbocycles. The lowest BCUT2D eigenvalue weighted by molar-refractivity contribution is -0.316. The third-order valence-corrected chi connectivity index (χ3v) is 0.999. The highest BCUT2D eigenvalue weighted by molar-refractivity contribution is 5.61. The van der Waals surface area contributed by atoms with Gasteiger partial charge in [-0.3, -0.25) is 0 Å². The molecule has 0 aliphatic heterocycles. The van der Waals surface area contributed by atoms with Crippen molar-refractivity contribution in [1.82, 2.24) is 0 Å². The Bertz CT molecular complexity index is 218. The molecule has 0 rings (SSSR count). The fourth-order valence-electron chi connectivity index (χ4n) is 0.349. The fraction of sp³-hybridized carbons (Fsp3) is 0.286. The number of hydrogen-bond acceptors (Lipinski definition) is 7. The first kappa shape index (κ1) is 12.6. The first-order valence-electron chi connectivity index (χ1n) is 3.31. The summed E-state index contributed by atoms with van der Waals surface area (Å²) in [5.74, 6) is -5.87. The van der Waals surface area contributed by atoms with Crippen LogP contribution in [0.2, 0.25) is 0 Å². The van der Waals surface area contributed by atoms with Crippen molar-refractivity contribution in [3.63, 3.8) is 0 Å². The minimum absolute atomic E-state index is 0.485. The maximum atomic E-state index is 10.6. The second-order valence-electron chi connectivity index (χ2n) is 2.18. The van der Waals surface area contributed by atoms with Crippen LogP contribution in [0.1, 0.15) is 0 Å². The molecule has 7 nitrogen and oxygen atoms in total. The smallest absolute Gasteiger partial charge is 0.372 e. The second-order valence-corrected chi connectivity index (χ2v) is 2.18. The van der Waals surface area contributed by atoms with Crippen molar-refractivity contribution in [3.05, 3.63) is 25.3 Å². The molecule has 7 heteroatoms. The Labute approximate surface area is 79.1 Å². The molecule has 0 aromatic rings. The standard InChI is InChI=1S/C7H10O7/c1-3-6(9,10)13-5(8)14-7(11,12)4-2/h3-4,9-12H,1-2H2. The van der Waals surface area contributed by atoms with Gasteiger partial charge in [-0.2, -0.15) is 0 Å². The predicted molar refractivity (Wildman–Crippen MR) is 42.3 cm³/mol. The average Bonchev–Trinajstić information content (AvgIpc) is 2.02. The quantitative estimate of drug-likeness (QED) is 0.259. The van der Waals surface area contributed by atoms with Gasteiger partial charge in [0.05, 0.1) is 0 Å². The van der Waals surface area contributed by atoms with Gasteiger partial charge in [0.15, 0.2) is 0 Å². The van der Waals surface area contributed by atoms with E-state index in [1.807, 2.05) is 0 Å². The average molecular weight is 206 g/mol. The van der Waals surface area contributed by atoms with E-state index in [0.717, 1.165) is 0 Å². The van der Waals surface area contributed by atoms with E-state index in [-0.39, 0.29) is 0 Å². The largest absolute Gasteiger partial charge is 0.517 e. The third kappa shape index (κ3) is 4.58. The zero-order valence-electron chi connectivity index (χ0n) is 7.08. The zero-order chi connectivity index (χ0) is 11.4. The van der Waals surface area contributed by atoms with E-state index in [4.69, 9.17) is 20.4 Å². The van der Waals surface area contributed by atoms with Gasteiger partial charge in [0.25, 0.3) is 0 Å². The van der Waals surface area contributed by atoms with Gasteiger partial charge in [0.2, 0.25) is 0 Å². The van der Waals surface area contributed by atoms with Crippen LogP contribution in [-0.2, 0) is 9.47 Å². The van der Waals surface area contributed by atoms with E-state index in [9.17, 15) is 4.79 Å². The summed E-state index contributed by atoms with van der Waals surface area (Å²) in [7, 11) is 0. The van der Waals surface area contributed by atoms with Crippen LogP contribution in [0, 0.1) is 0 Å². The van der Waals surface area contributed by atoms with Crippen molar-refractivity contribution in [1.29, 1.82) is 0 Å². The van der Waals surface area contributed by atoms with E-state index in [1.165, 1.54) is 0 Å². The summed E-state index contributed by atoms with van der Waals surface area (Å²) in [5, 5.41) is 34.8. The summed E-state index contributed by atoms with van der Waals surface area (Å²) < 4.78 is 7.58. The molecular weight excluding hydrogens is 196 g/mol. The molecule has 0 unspecified atom stereocenters. The van der Waals surface area contributed by atoms with Gasteiger partial charge in [-0.15, -0.1) is 0 Å². The van der Waals surface area contributed by atoms with Crippen LogP contribution < -0.4 is 0 Å². The van der Waals surface area contributed by atoms with Gasteiger partial charge in [-0.25, -0.2) is 4.79 Å². The lowest BCUT2D eigenvalue weighted by Crippen LogP contribution is -2.38. The summed E-state index contributed by atoms with van der Waals surface area (Å²) in [4.78, 5) is 10.6. The van der Waals surface area contributed by atoms with Crippen molar-refractivity contribution in [2.75, 3.05) is 0 Å². The van der Waals surface area contributed by atoms with Gasteiger partial charge < -0.3 is 29.9 Å². The van der Waals surface area contributed by atoms with Gasteiger partial charge in [0.1, 0.15) is 0 Å². The first-order valence-corrected chi connectivity index (χ1v) is 3.31. The molecule has 0 aliphatic rings. The third-order valence-electron chi connectivity index (χ3n) is 0.999. The van der Waals surface area contributed by atoms with E-state index in [1.54, 1.807) is 0 Å². The van der Waals surface area contributed by atoms with Crippen LogP contribution in [0.4, 0.5) is 4.79 Å². The van der Waals surface area contributed by atoms with E-state index < -0.39 is 18.1 Å². The highest BCUT2D eigenvalue weighted by Crippen LogP contribution is 2.09. The number of hydrogen-bond donors (Lipinski definition) is 4. The topological polar surface area (TPSA) is 116 Å². The molecule has 0 aliphatic carbocycles. The second kappa shape index (κ2) is 4.20. The molecule has 0 spiro atoms. The number of ether oxygens (including phenoxy) is 2. The van der Waals surface area contributed by atoms with Gasteiger partial charge >= 0.3 is 18.1 Å². The van der Waals surface area contributed by atoms with Crippen LogP contribution in [0.3, 0.4) is 0 Å².